The summed E-state index contributed by atoms with van der Waals surface area (Å²) in [6.07, 6.45) is 0. The average Bonchev–Trinajstić information content (AvgIpc) is 0.811. The first-order valence-corrected chi connectivity index (χ1v) is 1.37. The number of hydrogen-bond acceptors (Lipinski definition) is 1. The van der Waals surface area contributed by atoms with Crippen LogP contribution in [-0.2, 0) is 25.2 Å². The number of rotatable bonds is 0. The van der Waals surface area contributed by atoms with Gasteiger partial charge >= 0.3 is 0 Å². The summed E-state index contributed by atoms with van der Waals surface area (Å²) in [5.74, 6) is 0. The van der Waals surface area contributed by atoms with Crippen LogP contribution in [0.5, 0.6) is 0 Å². The van der Waals surface area contributed by atoms with Crippen molar-refractivity contribution in [1.29, 1.82) is 0 Å². The van der Waals surface area contributed by atoms with Crippen molar-refractivity contribution in [3.05, 3.63) is 0 Å². The monoisotopic (exact) mass is 182 g/mol. The Labute approximate surface area is 50.2 Å². The van der Waals surface area contributed by atoms with Gasteiger partial charge in [-0.3, -0.25) is 4.79 Å². The molecule has 0 radical (unpaired) electrons. The standard InChI is InChI=1S/C2H4OS.Pd/c1-2(3)4;/h1H3,(H,3,4);. The van der Waals surface area contributed by atoms with Crippen LogP contribution in [0.15, 0.2) is 0 Å². The maximum absolute atomic E-state index is 9.31. The van der Waals surface area contributed by atoms with E-state index in [0.717, 1.165) is 0 Å². The molecule has 34 valence electrons. The van der Waals surface area contributed by atoms with Gasteiger partial charge in [0.15, 0.2) is 5.12 Å². The number of thiol groups is 1. The molecule has 0 bridgehead atoms. The number of carbonyl (C=O) groups excluding carboxylic acids is 1. The number of hydrogen-bond donors (Lipinski definition) is 1. The minimum atomic E-state index is -0.139. The predicted octanol–water partition coefficient (Wildman–Crippen LogP) is 0.460. The fourth-order valence-corrected chi connectivity index (χ4v) is 0. The summed E-state index contributed by atoms with van der Waals surface area (Å²) in [5.41, 5.74) is 0. The Balaban J connectivity index is 0. The van der Waals surface area contributed by atoms with Crippen LogP contribution in [0.1, 0.15) is 6.92 Å². The van der Waals surface area contributed by atoms with Crippen LogP contribution in [-0.4, -0.2) is 5.12 Å². The van der Waals surface area contributed by atoms with Crippen molar-refractivity contribution < 1.29 is 25.2 Å². The molecule has 0 amide bonds. The van der Waals surface area contributed by atoms with E-state index in [0.29, 0.717) is 0 Å². The molecule has 0 N–H and O–H groups in total. The topological polar surface area (TPSA) is 17.1 Å². The molecule has 0 heterocycles. The maximum Gasteiger partial charge on any atom is 0.182 e. The van der Waals surface area contributed by atoms with Gasteiger partial charge in [0.1, 0.15) is 0 Å². The minimum absolute atomic E-state index is 0. The molecule has 0 aromatic rings. The fraction of sp³-hybridized carbons (Fsp3) is 0.500. The second kappa shape index (κ2) is 4.68. The van der Waals surface area contributed by atoms with E-state index in [1.54, 1.807) is 0 Å². The summed E-state index contributed by atoms with van der Waals surface area (Å²) in [5, 5.41) is -0.139. The second-order valence-corrected chi connectivity index (χ2v) is 1.15. The van der Waals surface area contributed by atoms with Gasteiger partial charge in [-0.2, -0.15) is 0 Å². The molecule has 0 spiro atoms. The van der Waals surface area contributed by atoms with E-state index in [4.69, 9.17) is 0 Å². The van der Waals surface area contributed by atoms with Crippen molar-refractivity contribution in [1.82, 2.24) is 0 Å². The molecule has 0 atom stereocenters. The molecule has 5 heavy (non-hydrogen) atoms. The van der Waals surface area contributed by atoms with Gasteiger partial charge in [0.05, 0.1) is 0 Å². The Morgan fingerprint density at radius 3 is 1.80 bits per heavy atom. The molecule has 0 aliphatic carbocycles. The normalized spacial score (nSPS) is 5.20. The van der Waals surface area contributed by atoms with Crippen molar-refractivity contribution in [3.8, 4) is 0 Å². The maximum atomic E-state index is 9.31. The van der Waals surface area contributed by atoms with E-state index in [1.807, 2.05) is 0 Å². The van der Waals surface area contributed by atoms with Gasteiger partial charge < -0.3 is 0 Å². The summed E-state index contributed by atoms with van der Waals surface area (Å²) in [7, 11) is 0. The molecule has 0 fully saturated rings. The van der Waals surface area contributed by atoms with Gasteiger partial charge in [0, 0.05) is 27.3 Å². The zero-order chi connectivity index (χ0) is 3.58. The summed E-state index contributed by atoms with van der Waals surface area (Å²) < 4.78 is 0. The quantitative estimate of drug-likeness (QED) is 0.426. The Morgan fingerprint density at radius 1 is 1.80 bits per heavy atom. The van der Waals surface area contributed by atoms with Crippen LogP contribution in [0.25, 0.3) is 0 Å². The van der Waals surface area contributed by atoms with Crippen LogP contribution in [0, 0.1) is 0 Å². The molecule has 0 aromatic carbocycles. The third kappa shape index (κ3) is 72.4. The van der Waals surface area contributed by atoms with E-state index < -0.39 is 0 Å². The Morgan fingerprint density at radius 2 is 1.80 bits per heavy atom. The zero-order valence-electron chi connectivity index (χ0n) is 2.67. The van der Waals surface area contributed by atoms with E-state index in [1.165, 1.54) is 6.92 Å². The van der Waals surface area contributed by atoms with Crippen LogP contribution < -0.4 is 0 Å². The van der Waals surface area contributed by atoms with Crippen LogP contribution in [0.4, 0.5) is 0 Å². The molecule has 0 aliphatic rings. The summed E-state index contributed by atoms with van der Waals surface area (Å²) in [6.45, 7) is 1.39. The fourth-order valence-electron chi connectivity index (χ4n) is 0. The largest absolute Gasteiger partial charge is 0.288 e. The van der Waals surface area contributed by atoms with E-state index in [2.05, 4.69) is 12.6 Å². The third-order valence-corrected chi connectivity index (χ3v) is 0. The van der Waals surface area contributed by atoms with Gasteiger partial charge in [-0.25, -0.2) is 0 Å². The minimum Gasteiger partial charge on any atom is -0.288 e. The Hall–Kier alpha value is 0.682. The van der Waals surface area contributed by atoms with E-state index >= 15 is 0 Å². The molecular weight excluding hydrogens is 179 g/mol. The first-order valence-electron chi connectivity index (χ1n) is 0.928. The zero-order valence-corrected chi connectivity index (χ0v) is 5.12. The number of carbonyl (C=O) groups is 1. The first kappa shape index (κ1) is 9.19. The van der Waals surface area contributed by atoms with Crippen molar-refractivity contribution >= 4 is 17.7 Å². The molecule has 3 heteroatoms. The summed E-state index contributed by atoms with van der Waals surface area (Å²) in [6, 6.07) is 0. The van der Waals surface area contributed by atoms with Crippen LogP contribution >= 0.6 is 12.6 Å². The SMILES string of the molecule is CC(=O)S.[Pd]. The van der Waals surface area contributed by atoms with Gasteiger partial charge in [-0.15, -0.1) is 12.6 Å². The summed E-state index contributed by atoms with van der Waals surface area (Å²) in [4.78, 5) is 9.31. The molecule has 1 nitrogen and oxygen atoms in total. The Kier molecular flexibility index (Phi) is 8.60. The van der Waals surface area contributed by atoms with Crippen LogP contribution in [0.3, 0.4) is 0 Å². The molecule has 0 unspecified atom stereocenters. The second-order valence-electron chi connectivity index (χ2n) is 0.519. The molecule has 0 rings (SSSR count). The van der Waals surface area contributed by atoms with Gasteiger partial charge in [0.2, 0.25) is 0 Å². The molecule has 0 saturated carbocycles. The first-order chi connectivity index (χ1) is 1.73. The van der Waals surface area contributed by atoms with Crippen LogP contribution in [0.2, 0.25) is 0 Å². The average molecular weight is 183 g/mol. The van der Waals surface area contributed by atoms with Gasteiger partial charge in [0.25, 0.3) is 0 Å². The third-order valence-electron chi connectivity index (χ3n) is 0. The molecule has 0 saturated heterocycles. The van der Waals surface area contributed by atoms with E-state index in [-0.39, 0.29) is 25.5 Å². The molecule has 0 aromatic heterocycles. The van der Waals surface area contributed by atoms with Crippen molar-refractivity contribution in [2.75, 3.05) is 0 Å². The molecular formula is C2H4OPdS. The van der Waals surface area contributed by atoms with Crippen molar-refractivity contribution in [3.63, 3.8) is 0 Å². The van der Waals surface area contributed by atoms with E-state index in [9.17, 15) is 4.79 Å². The smallest absolute Gasteiger partial charge is 0.182 e. The predicted molar refractivity (Wildman–Crippen MR) is 19.7 cm³/mol. The summed E-state index contributed by atoms with van der Waals surface area (Å²) >= 11 is 3.33. The van der Waals surface area contributed by atoms with Gasteiger partial charge in [-0.1, -0.05) is 0 Å². The van der Waals surface area contributed by atoms with Crippen molar-refractivity contribution in [2.45, 2.75) is 6.92 Å². The van der Waals surface area contributed by atoms with Gasteiger partial charge in [-0.05, 0) is 0 Å². The molecule has 0 aliphatic heterocycles. The van der Waals surface area contributed by atoms with Crippen molar-refractivity contribution in [2.24, 2.45) is 0 Å². The Bertz CT molecular complexity index is 32.6.